The Morgan fingerprint density at radius 1 is 1.47 bits per heavy atom. The zero-order valence-electron chi connectivity index (χ0n) is 10.9. The van der Waals surface area contributed by atoms with E-state index in [1.807, 2.05) is 0 Å². The molecule has 0 aliphatic heterocycles. The fourth-order valence-corrected chi connectivity index (χ4v) is 2.57. The number of primary amides is 1. The maximum Gasteiger partial charge on any atom is 0.249 e. The Morgan fingerprint density at radius 3 is 2.63 bits per heavy atom. The number of carbonyl (C=O) groups excluding carboxylic acids is 1. The van der Waals surface area contributed by atoms with Crippen molar-refractivity contribution >= 4 is 15.9 Å². The van der Waals surface area contributed by atoms with Crippen molar-refractivity contribution in [3.8, 4) is 0 Å². The summed E-state index contributed by atoms with van der Waals surface area (Å²) in [6.45, 7) is 3.35. The van der Waals surface area contributed by atoms with Gasteiger partial charge in [-0.1, -0.05) is 13.0 Å². The first-order chi connectivity index (χ1) is 8.77. The van der Waals surface area contributed by atoms with Crippen molar-refractivity contribution in [2.75, 3.05) is 6.54 Å². The van der Waals surface area contributed by atoms with Crippen LogP contribution in [-0.4, -0.2) is 32.1 Å². The second-order valence-electron chi connectivity index (χ2n) is 4.25. The summed E-state index contributed by atoms with van der Waals surface area (Å²) in [6.07, 6.45) is -0.293. The molecule has 19 heavy (non-hydrogen) atoms. The number of nitrogens with two attached hydrogens (primary N) is 1. The first-order valence-electron chi connectivity index (χ1n) is 5.86. The van der Waals surface area contributed by atoms with Crippen molar-refractivity contribution in [2.24, 2.45) is 5.73 Å². The van der Waals surface area contributed by atoms with Crippen LogP contribution < -0.4 is 10.5 Å². The summed E-state index contributed by atoms with van der Waals surface area (Å²) in [6, 6.07) is 4.14. The highest BCUT2D eigenvalue weighted by molar-refractivity contribution is 7.89. The van der Waals surface area contributed by atoms with Gasteiger partial charge in [-0.15, -0.1) is 0 Å². The maximum atomic E-state index is 12.0. The van der Waals surface area contributed by atoms with Gasteiger partial charge in [0.1, 0.15) is 0 Å². The Balaban J connectivity index is 3.02. The number of carbonyl (C=O) groups is 1. The molecule has 0 aliphatic carbocycles. The number of aryl methyl sites for hydroxylation is 1. The van der Waals surface area contributed by atoms with E-state index < -0.39 is 22.0 Å². The van der Waals surface area contributed by atoms with Crippen molar-refractivity contribution in [1.29, 1.82) is 0 Å². The number of rotatable bonds is 6. The smallest absolute Gasteiger partial charge is 0.249 e. The van der Waals surface area contributed by atoms with Crippen molar-refractivity contribution < 1.29 is 18.3 Å². The number of aliphatic hydroxyl groups excluding tert-OH is 1. The van der Waals surface area contributed by atoms with E-state index >= 15 is 0 Å². The molecule has 0 heterocycles. The normalized spacial score (nSPS) is 13.2. The minimum atomic E-state index is -3.76. The zero-order chi connectivity index (χ0) is 14.6. The van der Waals surface area contributed by atoms with Crippen LogP contribution in [0.15, 0.2) is 23.1 Å². The first-order valence-corrected chi connectivity index (χ1v) is 7.34. The zero-order valence-corrected chi connectivity index (χ0v) is 11.7. The van der Waals surface area contributed by atoms with E-state index in [0.717, 1.165) is 0 Å². The maximum absolute atomic E-state index is 12.0. The monoisotopic (exact) mass is 286 g/mol. The molecule has 6 nitrogen and oxygen atoms in total. The number of hydrogen-bond acceptors (Lipinski definition) is 4. The van der Waals surface area contributed by atoms with Gasteiger partial charge in [-0.25, -0.2) is 13.1 Å². The topological polar surface area (TPSA) is 109 Å². The fraction of sp³-hybridized carbons (Fsp3) is 0.417. The third-order valence-corrected chi connectivity index (χ3v) is 4.19. The van der Waals surface area contributed by atoms with Crippen LogP contribution in [-0.2, 0) is 10.0 Å². The van der Waals surface area contributed by atoms with E-state index in [0.29, 0.717) is 12.0 Å². The van der Waals surface area contributed by atoms with Crippen LogP contribution in [0, 0.1) is 6.92 Å². The van der Waals surface area contributed by atoms with Gasteiger partial charge >= 0.3 is 0 Å². The number of amides is 1. The summed E-state index contributed by atoms with van der Waals surface area (Å²) < 4.78 is 26.2. The standard InChI is InChI=1S/C12H18N2O4S/c1-3-9(15)7-14-19(17,18)10-5-4-8(2)11(6-10)12(13)16/h4-6,9,14-15H,3,7H2,1-2H3,(H2,13,16). The number of sulfonamides is 1. The first kappa shape index (κ1) is 15.6. The molecule has 0 fully saturated rings. The summed E-state index contributed by atoms with van der Waals surface area (Å²) in [5.74, 6) is -0.678. The van der Waals surface area contributed by atoms with Gasteiger partial charge in [-0.2, -0.15) is 0 Å². The molecule has 0 saturated heterocycles. The van der Waals surface area contributed by atoms with E-state index in [1.165, 1.54) is 18.2 Å². The van der Waals surface area contributed by atoms with Gasteiger partial charge in [0.2, 0.25) is 15.9 Å². The number of aliphatic hydroxyl groups is 1. The van der Waals surface area contributed by atoms with E-state index in [9.17, 15) is 18.3 Å². The lowest BCUT2D eigenvalue weighted by molar-refractivity contribution is 0.0999. The summed E-state index contributed by atoms with van der Waals surface area (Å²) >= 11 is 0. The summed E-state index contributed by atoms with van der Waals surface area (Å²) in [5, 5.41) is 9.35. The lowest BCUT2D eigenvalue weighted by Gasteiger charge is -2.11. The highest BCUT2D eigenvalue weighted by Crippen LogP contribution is 2.15. The van der Waals surface area contributed by atoms with E-state index in [2.05, 4.69) is 4.72 Å². The van der Waals surface area contributed by atoms with Gasteiger partial charge in [-0.05, 0) is 31.0 Å². The van der Waals surface area contributed by atoms with Crippen LogP contribution >= 0.6 is 0 Å². The lowest BCUT2D eigenvalue weighted by atomic mass is 10.1. The molecular weight excluding hydrogens is 268 g/mol. The summed E-state index contributed by atoms with van der Waals surface area (Å²) in [5.41, 5.74) is 5.95. The van der Waals surface area contributed by atoms with Gasteiger partial charge in [0, 0.05) is 12.1 Å². The van der Waals surface area contributed by atoms with Crippen LogP contribution in [0.1, 0.15) is 29.3 Å². The summed E-state index contributed by atoms with van der Waals surface area (Å²) in [7, 11) is -3.76. The highest BCUT2D eigenvalue weighted by Gasteiger charge is 2.17. The molecule has 0 saturated carbocycles. The molecule has 4 N–H and O–H groups in total. The average Bonchev–Trinajstić information content (AvgIpc) is 2.35. The molecular formula is C12H18N2O4S. The number of nitrogens with one attached hydrogen (secondary N) is 1. The second-order valence-corrected chi connectivity index (χ2v) is 6.02. The van der Waals surface area contributed by atoms with E-state index in [-0.39, 0.29) is 17.0 Å². The van der Waals surface area contributed by atoms with E-state index in [4.69, 9.17) is 5.73 Å². The Bertz CT molecular complexity index is 569. The predicted octanol–water partition coefficient (Wildman–Crippen LogP) is 0.143. The third kappa shape index (κ3) is 4.02. The Hall–Kier alpha value is -1.44. The van der Waals surface area contributed by atoms with Crippen LogP contribution in [0.5, 0.6) is 0 Å². The van der Waals surface area contributed by atoms with Crippen molar-refractivity contribution in [3.05, 3.63) is 29.3 Å². The molecule has 0 radical (unpaired) electrons. The average molecular weight is 286 g/mol. The highest BCUT2D eigenvalue weighted by atomic mass is 32.2. The van der Waals surface area contributed by atoms with Crippen LogP contribution in [0.2, 0.25) is 0 Å². The van der Waals surface area contributed by atoms with Crippen LogP contribution in [0.4, 0.5) is 0 Å². The quantitative estimate of drug-likeness (QED) is 0.691. The Morgan fingerprint density at radius 2 is 2.11 bits per heavy atom. The summed E-state index contributed by atoms with van der Waals surface area (Å²) in [4.78, 5) is 11.1. The lowest BCUT2D eigenvalue weighted by Crippen LogP contribution is -2.32. The van der Waals surface area contributed by atoms with E-state index in [1.54, 1.807) is 13.8 Å². The molecule has 1 aromatic rings. The van der Waals surface area contributed by atoms with Gasteiger partial charge in [0.15, 0.2) is 0 Å². The largest absolute Gasteiger partial charge is 0.392 e. The van der Waals surface area contributed by atoms with Crippen molar-refractivity contribution in [2.45, 2.75) is 31.3 Å². The number of benzene rings is 1. The van der Waals surface area contributed by atoms with Crippen molar-refractivity contribution in [1.82, 2.24) is 4.72 Å². The molecule has 1 amide bonds. The van der Waals surface area contributed by atoms with Crippen molar-refractivity contribution in [3.63, 3.8) is 0 Å². The molecule has 1 atom stereocenters. The van der Waals surface area contributed by atoms with Crippen LogP contribution in [0.3, 0.4) is 0 Å². The molecule has 1 rings (SSSR count). The second kappa shape index (κ2) is 6.14. The van der Waals surface area contributed by atoms with Gasteiger partial charge in [0.25, 0.3) is 0 Å². The van der Waals surface area contributed by atoms with Crippen LogP contribution in [0.25, 0.3) is 0 Å². The molecule has 106 valence electrons. The van der Waals surface area contributed by atoms with Gasteiger partial charge in [0.05, 0.1) is 11.0 Å². The number of hydrogen-bond donors (Lipinski definition) is 3. The molecule has 0 bridgehead atoms. The minimum absolute atomic E-state index is 0.0461. The molecule has 1 aromatic carbocycles. The van der Waals surface area contributed by atoms with Gasteiger partial charge in [-0.3, -0.25) is 4.79 Å². The molecule has 7 heteroatoms. The predicted molar refractivity (Wildman–Crippen MR) is 71.2 cm³/mol. The molecule has 0 aliphatic rings. The van der Waals surface area contributed by atoms with Gasteiger partial charge < -0.3 is 10.8 Å². The third-order valence-electron chi connectivity index (χ3n) is 2.77. The molecule has 0 spiro atoms. The fourth-order valence-electron chi connectivity index (χ4n) is 1.47. The molecule has 1 unspecified atom stereocenters. The Kier molecular flexibility index (Phi) is 5.04. The molecule has 0 aromatic heterocycles. The minimum Gasteiger partial charge on any atom is -0.392 e. The SMILES string of the molecule is CCC(O)CNS(=O)(=O)c1ccc(C)c(C(N)=O)c1. The Labute approximate surface area is 112 Å².